The van der Waals surface area contributed by atoms with Crippen LogP contribution >= 0.6 is 0 Å². The Morgan fingerprint density at radius 3 is 3.15 bits per heavy atom. The topological polar surface area (TPSA) is 16.1 Å². The minimum absolute atomic E-state index is 1.11. The van der Waals surface area contributed by atoms with Crippen LogP contribution in [0.2, 0.25) is 0 Å². The van der Waals surface area contributed by atoms with Crippen LogP contribution < -0.4 is 4.90 Å². The molecule has 0 bridgehead atoms. The second kappa shape index (κ2) is 3.36. The summed E-state index contributed by atoms with van der Waals surface area (Å²) in [5, 5.41) is 0. The molecule has 2 heteroatoms. The van der Waals surface area contributed by atoms with E-state index >= 15 is 0 Å². The van der Waals surface area contributed by atoms with Crippen molar-refractivity contribution in [3.05, 3.63) is 23.5 Å². The predicted molar refractivity (Wildman–Crippen MR) is 55.2 cm³/mol. The van der Waals surface area contributed by atoms with Gasteiger partial charge in [-0.05, 0) is 38.3 Å². The Kier molecular flexibility index (Phi) is 2.21. The lowest BCUT2D eigenvalue weighted by Crippen LogP contribution is -2.29. The van der Waals surface area contributed by atoms with Gasteiger partial charge in [-0.3, -0.25) is 4.98 Å². The Balaban J connectivity index is 2.41. The van der Waals surface area contributed by atoms with Crippen LogP contribution in [0, 0.1) is 6.92 Å². The average molecular weight is 176 g/mol. The van der Waals surface area contributed by atoms with E-state index in [2.05, 4.69) is 29.8 Å². The van der Waals surface area contributed by atoms with Crippen molar-refractivity contribution in [2.75, 3.05) is 18.0 Å². The summed E-state index contributed by atoms with van der Waals surface area (Å²) in [5.41, 5.74) is 3.94. The molecule has 0 saturated heterocycles. The summed E-state index contributed by atoms with van der Waals surface area (Å²) in [6, 6.07) is 2.21. The largest absolute Gasteiger partial charge is 0.371 e. The van der Waals surface area contributed by atoms with E-state index in [0.717, 1.165) is 12.2 Å². The van der Waals surface area contributed by atoms with Gasteiger partial charge < -0.3 is 4.90 Å². The van der Waals surface area contributed by atoms with Gasteiger partial charge in [-0.15, -0.1) is 0 Å². The molecule has 13 heavy (non-hydrogen) atoms. The number of pyridine rings is 1. The number of aryl methyl sites for hydroxylation is 2. The van der Waals surface area contributed by atoms with Gasteiger partial charge in [0, 0.05) is 30.7 Å². The Morgan fingerprint density at radius 2 is 2.38 bits per heavy atom. The molecule has 1 aliphatic rings. The minimum Gasteiger partial charge on any atom is -0.371 e. The molecule has 0 atom stereocenters. The molecule has 0 amide bonds. The standard InChI is InChI=1S/C11H16N2/c1-3-13-6-4-5-10-8-12-9(2)7-11(10)13/h7-8H,3-6H2,1-2H3. The summed E-state index contributed by atoms with van der Waals surface area (Å²) < 4.78 is 0. The highest BCUT2D eigenvalue weighted by Gasteiger charge is 2.15. The van der Waals surface area contributed by atoms with Gasteiger partial charge in [-0.25, -0.2) is 0 Å². The highest BCUT2D eigenvalue weighted by Crippen LogP contribution is 2.26. The van der Waals surface area contributed by atoms with Crippen LogP contribution in [0.3, 0.4) is 0 Å². The lowest BCUT2D eigenvalue weighted by Gasteiger charge is -2.30. The molecular weight excluding hydrogens is 160 g/mol. The zero-order valence-corrected chi connectivity index (χ0v) is 8.38. The molecule has 1 aromatic rings. The first-order valence-corrected chi connectivity index (χ1v) is 5.01. The quantitative estimate of drug-likeness (QED) is 0.652. The highest BCUT2D eigenvalue weighted by atomic mass is 15.1. The number of rotatable bonds is 1. The van der Waals surface area contributed by atoms with Crippen LogP contribution in [0.1, 0.15) is 24.6 Å². The van der Waals surface area contributed by atoms with Gasteiger partial charge in [0.15, 0.2) is 0 Å². The van der Waals surface area contributed by atoms with E-state index in [1.165, 1.54) is 30.6 Å². The molecule has 0 aliphatic carbocycles. The summed E-state index contributed by atoms with van der Waals surface area (Å²) >= 11 is 0. The number of nitrogens with zero attached hydrogens (tertiary/aromatic N) is 2. The van der Waals surface area contributed by atoms with Gasteiger partial charge in [0.25, 0.3) is 0 Å². The first kappa shape index (κ1) is 8.54. The van der Waals surface area contributed by atoms with Gasteiger partial charge in [0.05, 0.1) is 0 Å². The second-order valence-electron chi connectivity index (χ2n) is 3.64. The molecule has 0 unspecified atom stereocenters. The van der Waals surface area contributed by atoms with Crippen LogP contribution in [0.15, 0.2) is 12.3 Å². The first-order chi connectivity index (χ1) is 6.31. The van der Waals surface area contributed by atoms with Crippen molar-refractivity contribution in [2.24, 2.45) is 0 Å². The number of hydrogen-bond acceptors (Lipinski definition) is 2. The van der Waals surface area contributed by atoms with E-state index in [4.69, 9.17) is 0 Å². The van der Waals surface area contributed by atoms with E-state index in [1.54, 1.807) is 0 Å². The normalized spacial score (nSPS) is 15.7. The fourth-order valence-corrected chi connectivity index (χ4v) is 1.97. The van der Waals surface area contributed by atoms with E-state index in [9.17, 15) is 0 Å². The first-order valence-electron chi connectivity index (χ1n) is 5.01. The van der Waals surface area contributed by atoms with E-state index in [1.807, 2.05) is 6.20 Å². The van der Waals surface area contributed by atoms with Crippen LogP contribution in [0.5, 0.6) is 0 Å². The Bertz CT molecular complexity index is 307. The zero-order valence-electron chi connectivity index (χ0n) is 8.38. The molecular formula is C11H16N2. The lowest BCUT2D eigenvalue weighted by atomic mass is 10.0. The molecule has 1 aliphatic heterocycles. The van der Waals surface area contributed by atoms with E-state index in [-0.39, 0.29) is 0 Å². The van der Waals surface area contributed by atoms with Crippen molar-refractivity contribution in [2.45, 2.75) is 26.7 Å². The average Bonchev–Trinajstić information content (AvgIpc) is 2.17. The molecule has 0 aromatic carbocycles. The molecule has 0 radical (unpaired) electrons. The van der Waals surface area contributed by atoms with Crippen LogP contribution in [0.25, 0.3) is 0 Å². The summed E-state index contributed by atoms with van der Waals surface area (Å²) in [5.74, 6) is 0. The highest BCUT2D eigenvalue weighted by molar-refractivity contribution is 5.55. The summed E-state index contributed by atoms with van der Waals surface area (Å²) in [4.78, 5) is 6.77. The van der Waals surface area contributed by atoms with Gasteiger partial charge >= 0.3 is 0 Å². The third-order valence-electron chi connectivity index (χ3n) is 2.70. The summed E-state index contributed by atoms with van der Waals surface area (Å²) in [6.45, 7) is 6.58. The third kappa shape index (κ3) is 1.53. The molecule has 2 rings (SSSR count). The van der Waals surface area contributed by atoms with Crippen molar-refractivity contribution in [3.63, 3.8) is 0 Å². The van der Waals surface area contributed by atoms with Crippen molar-refractivity contribution < 1.29 is 0 Å². The van der Waals surface area contributed by atoms with Crippen molar-refractivity contribution in [3.8, 4) is 0 Å². The Labute approximate surface area is 79.6 Å². The molecule has 0 N–H and O–H groups in total. The molecule has 2 nitrogen and oxygen atoms in total. The summed E-state index contributed by atoms with van der Waals surface area (Å²) in [6.07, 6.45) is 4.50. The van der Waals surface area contributed by atoms with Crippen molar-refractivity contribution in [1.82, 2.24) is 4.98 Å². The summed E-state index contributed by atoms with van der Waals surface area (Å²) in [7, 11) is 0. The molecule has 0 saturated carbocycles. The maximum atomic E-state index is 4.33. The van der Waals surface area contributed by atoms with Crippen molar-refractivity contribution in [1.29, 1.82) is 0 Å². The number of aromatic nitrogens is 1. The van der Waals surface area contributed by atoms with Crippen LogP contribution in [0.4, 0.5) is 5.69 Å². The van der Waals surface area contributed by atoms with Gasteiger partial charge in [0.1, 0.15) is 0 Å². The van der Waals surface area contributed by atoms with Crippen LogP contribution in [-0.2, 0) is 6.42 Å². The van der Waals surface area contributed by atoms with Crippen molar-refractivity contribution >= 4 is 5.69 Å². The third-order valence-corrected chi connectivity index (χ3v) is 2.70. The maximum Gasteiger partial charge on any atom is 0.0432 e. The van der Waals surface area contributed by atoms with E-state index in [0.29, 0.717) is 0 Å². The van der Waals surface area contributed by atoms with Crippen LogP contribution in [-0.4, -0.2) is 18.1 Å². The predicted octanol–water partition coefficient (Wildman–Crippen LogP) is 2.16. The Hall–Kier alpha value is -1.05. The number of anilines is 1. The fourth-order valence-electron chi connectivity index (χ4n) is 1.97. The minimum atomic E-state index is 1.11. The number of fused-ring (bicyclic) bond motifs is 1. The monoisotopic (exact) mass is 176 g/mol. The molecule has 0 fully saturated rings. The lowest BCUT2D eigenvalue weighted by molar-refractivity contribution is 0.703. The smallest absolute Gasteiger partial charge is 0.0432 e. The SMILES string of the molecule is CCN1CCCc2cnc(C)cc21. The second-order valence-corrected chi connectivity index (χ2v) is 3.64. The number of hydrogen-bond donors (Lipinski definition) is 0. The fraction of sp³-hybridized carbons (Fsp3) is 0.545. The van der Waals surface area contributed by atoms with Gasteiger partial charge in [-0.2, -0.15) is 0 Å². The molecule has 2 heterocycles. The molecule has 70 valence electrons. The molecule has 0 spiro atoms. The molecule has 1 aromatic heterocycles. The Morgan fingerprint density at radius 1 is 1.54 bits per heavy atom. The van der Waals surface area contributed by atoms with E-state index < -0.39 is 0 Å². The zero-order chi connectivity index (χ0) is 9.26. The van der Waals surface area contributed by atoms with Gasteiger partial charge in [0.2, 0.25) is 0 Å². The maximum absolute atomic E-state index is 4.33. The van der Waals surface area contributed by atoms with Gasteiger partial charge in [-0.1, -0.05) is 0 Å².